The Bertz CT molecular complexity index is 727. The number of nitrogens with one attached hydrogen (secondary N) is 1. The van der Waals surface area contributed by atoms with E-state index in [1.54, 1.807) is 23.7 Å². The van der Waals surface area contributed by atoms with Crippen LogP contribution in [0.5, 0.6) is 5.88 Å². The Morgan fingerprint density at radius 1 is 1.32 bits per heavy atom. The first-order valence-corrected chi connectivity index (χ1v) is 7.93. The zero-order valence-corrected chi connectivity index (χ0v) is 13.0. The SMILES string of the molecule is CCOc1cncc(NCC(O)c2cc3ccccc3s2)n1. The minimum atomic E-state index is -0.588. The molecule has 2 heterocycles. The van der Waals surface area contributed by atoms with Crippen molar-refractivity contribution in [3.63, 3.8) is 0 Å². The monoisotopic (exact) mass is 315 g/mol. The van der Waals surface area contributed by atoms with Gasteiger partial charge in [0.25, 0.3) is 0 Å². The first-order chi connectivity index (χ1) is 10.8. The second-order valence-electron chi connectivity index (χ2n) is 4.76. The molecule has 0 saturated heterocycles. The van der Waals surface area contributed by atoms with Crippen LogP contribution < -0.4 is 10.1 Å². The molecule has 1 aromatic carbocycles. The van der Waals surface area contributed by atoms with Crippen molar-refractivity contribution in [2.24, 2.45) is 0 Å². The number of hydrogen-bond donors (Lipinski definition) is 2. The summed E-state index contributed by atoms with van der Waals surface area (Å²) >= 11 is 1.60. The van der Waals surface area contributed by atoms with Gasteiger partial charge in [-0.1, -0.05) is 18.2 Å². The predicted molar refractivity (Wildman–Crippen MR) is 88.5 cm³/mol. The lowest BCUT2D eigenvalue weighted by Crippen LogP contribution is -2.12. The number of anilines is 1. The number of thiophene rings is 1. The molecule has 1 atom stereocenters. The van der Waals surface area contributed by atoms with Crippen LogP contribution in [-0.2, 0) is 0 Å². The summed E-state index contributed by atoms with van der Waals surface area (Å²) in [6.07, 6.45) is 2.59. The van der Waals surface area contributed by atoms with E-state index in [0.29, 0.717) is 24.8 Å². The molecule has 6 heteroatoms. The topological polar surface area (TPSA) is 67.3 Å². The summed E-state index contributed by atoms with van der Waals surface area (Å²) in [5, 5.41) is 14.6. The molecule has 1 unspecified atom stereocenters. The van der Waals surface area contributed by atoms with Gasteiger partial charge in [-0.05, 0) is 24.4 Å². The zero-order valence-electron chi connectivity index (χ0n) is 12.2. The lowest BCUT2D eigenvalue weighted by atomic mass is 10.2. The van der Waals surface area contributed by atoms with E-state index >= 15 is 0 Å². The summed E-state index contributed by atoms with van der Waals surface area (Å²) in [6.45, 7) is 2.81. The molecule has 3 aromatic rings. The first-order valence-electron chi connectivity index (χ1n) is 7.11. The number of aliphatic hydroxyl groups excluding tert-OH is 1. The van der Waals surface area contributed by atoms with E-state index in [4.69, 9.17) is 4.74 Å². The lowest BCUT2D eigenvalue weighted by Gasteiger charge is -2.11. The van der Waals surface area contributed by atoms with E-state index in [1.807, 2.05) is 31.2 Å². The molecule has 0 aliphatic carbocycles. The highest BCUT2D eigenvalue weighted by Crippen LogP contribution is 2.29. The Balaban J connectivity index is 1.66. The number of hydrogen-bond acceptors (Lipinski definition) is 6. The molecule has 0 aliphatic rings. The molecule has 0 saturated carbocycles. The van der Waals surface area contributed by atoms with Crippen LogP contribution in [0, 0.1) is 0 Å². The van der Waals surface area contributed by atoms with Gasteiger partial charge in [-0.2, -0.15) is 4.98 Å². The largest absolute Gasteiger partial charge is 0.477 e. The maximum absolute atomic E-state index is 10.3. The molecule has 5 nitrogen and oxygen atoms in total. The quantitative estimate of drug-likeness (QED) is 0.731. The Morgan fingerprint density at radius 2 is 2.18 bits per heavy atom. The second kappa shape index (κ2) is 6.72. The van der Waals surface area contributed by atoms with Gasteiger partial charge >= 0.3 is 0 Å². The average molecular weight is 315 g/mol. The van der Waals surface area contributed by atoms with Gasteiger partial charge in [0, 0.05) is 16.1 Å². The van der Waals surface area contributed by atoms with Crippen LogP contribution in [0.4, 0.5) is 5.82 Å². The molecule has 22 heavy (non-hydrogen) atoms. The molecule has 2 N–H and O–H groups in total. The number of ether oxygens (including phenoxy) is 1. The predicted octanol–water partition coefficient (Wildman–Crippen LogP) is 3.24. The molecule has 0 fully saturated rings. The Kier molecular flexibility index (Phi) is 4.50. The summed E-state index contributed by atoms with van der Waals surface area (Å²) in [5.41, 5.74) is 0. The van der Waals surface area contributed by atoms with Crippen molar-refractivity contribution in [3.05, 3.63) is 47.6 Å². The molecular weight excluding hydrogens is 298 g/mol. The minimum absolute atomic E-state index is 0.372. The van der Waals surface area contributed by atoms with Gasteiger partial charge in [-0.25, -0.2) is 0 Å². The standard InChI is InChI=1S/C16H17N3O2S/c1-2-21-16-10-17-9-15(19-16)18-8-12(20)14-7-11-5-3-4-6-13(11)22-14/h3-7,9-10,12,20H,2,8H2,1H3,(H,18,19). The molecule has 0 spiro atoms. The van der Waals surface area contributed by atoms with Crippen molar-refractivity contribution in [1.82, 2.24) is 9.97 Å². The first kappa shape index (κ1) is 14.7. The van der Waals surface area contributed by atoms with Gasteiger partial charge in [0.2, 0.25) is 5.88 Å². The Morgan fingerprint density at radius 3 is 3.00 bits per heavy atom. The van der Waals surface area contributed by atoms with Gasteiger partial charge in [0.15, 0.2) is 0 Å². The molecule has 0 bridgehead atoms. The number of aromatic nitrogens is 2. The van der Waals surface area contributed by atoms with Crippen LogP contribution in [-0.4, -0.2) is 28.2 Å². The van der Waals surface area contributed by atoms with Crippen LogP contribution in [0.3, 0.4) is 0 Å². The highest BCUT2D eigenvalue weighted by molar-refractivity contribution is 7.19. The van der Waals surface area contributed by atoms with Crippen LogP contribution in [0.15, 0.2) is 42.7 Å². The van der Waals surface area contributed by atoms with E-state index in [-0.39, 0.29) is 0 Å². The molecule has 2 aromatic heterocycles. The number of rotatable bonds is 6. The Hall–Kier alpha value is -2.18. The van der Waals surface area contributed by atoms with E-state index < -0.39 is 6.10 Å². The fourth-order valence-electron chi connectivity index (χ4n) is 2.12. The maximum atomic E-state index is 10.3. The number of aliphatic hydroxyl groups is 1. The third-order valence-electron chi connectivity index (χ3n) is 3.15. The van der Waals surface area contributed by atoms with Crippen LogP contribution in [0.25, 0.3) is 10.1 Å². The summed E-state index contributed by atoms with van der Waals surface area (Å²) in [6, 6.07) is 10.1. The molecule has 3 rings (SSSR count). The van der Waals surface area contributed by atoms with Crippen molar-refractivity contribution < 1.29 is 9.84 Å². The maximum Gasteiger partial charge on any atom is 0.234 e. The average Bonchev–Trinajstić information content (AvgIpc) is 2.97. The van der Waals surface area contributed by atoms with Gasteiger partial charge in [0.1, 0.15) is 11.9 Å². The highest BCUT2D eigenvalue weighted by Gasteiger charge is 2.11. The summed E-state index contributed by atoms with van der Waals surface area (Å²) in [4.78, 5) is 9.26. The molecule has 114 valence electrons. The van der Waals surface area contributed by atoms with Gasteiger partial charge in [-0.3, -0.25) is 4.98 Å². The Labute approximate surface area is 132 Å². The second-order valence-corrected chi connectivity index (χ2v) is 5.87. The van der Waals surface area contributed by atoms with Crippen molar-refractivity contribution >= 4 is 27.2 Å². The number of fused-ring (bicyclic) bond motifs is 1. The van der Waals surface area contributed by atoms with Crippen LogP contribution in [0.1, 0.15) is 17.9 Å². The van der Waals surface area contributed by atoms with Crippen LogP contribution in [0.2, 0.25) is 0 Å². The van der Waals surface area contributed by atoms with Crippen molar-refractivity contribution in [1.29, 1.82) is 0 Å². The fraction of sp³-hybridized carbons (Fsp3) is 0.250. The summed E-state index contributed by atoms with van der Waals surface area (Å²) < 4.78 is 6.48. The van der Waals surface area contributed by atoms with Crippen molar-refractivity contribution in [2.45, 2.75) is 13.0 Å². The number of nitrogens with zero attached hydrogens (tertiary/aromatic N) is 2. The molecular formula is C16H17N3O2S. The van der Waals surface area contributed by atoms with Gasteiger partial charge in [0.05, 0.1) is 19.0 Å². The summed E-state index contributed by atoms with van der Waals surface area (Å²) in [7, 11) is 0. The normalized spacial score (nSPS) is 12.3. The molecule has 0 aliphatic heterocycles. The highest BCUT2D eigenvalue weighted by atomic mass is 32.1. The molecule has 0 amide bonds. The fourth-order valence-corrected chi connectivity index (χ4v) is 3.17. The third-order valence-corrected chi connectivity index (χ3v) is 4.37. The van der Waals surface area contributed by atoms with Gasteiger partial charge in [-0.15, -0.1) is 11.3 Å². The van der Waals surface area contributed by atoms with E-state index in [0.717, 1.165) is 10.3 Å². The van der Waals surface area contributed by atoms with Crippen molar-refractivity contribution in [2.75, 3.05) is 18.5 Å². The third kappa shape index (κ3) is 3.35. The summed E-state index contributed by atoms with van der Waals surface area (Å²) in [5.74, 6) is 1.06. The zero-order chi connectivity index (χ0) is 15.4. The van der Waals surface area contributed by atoms with Crippen molar-refractivity contribution in [3.8, 4) is 5.88 Å². The van der Waals surface area contributed by atoms with Gasteiger partial charge < -0.3 is 15.2 Å². The van der Waals surface area contributed by atoms with E-state index in [9.17, 15) is 5.11 Å². The molecule has 0 radical (unpaired) electrons. The van der Waals surface area contributed by atoms with E-state index in [1.165, 1.54) is 4.70 Å². The van der Waals surface area contributed by atoms with Crippen LogP contribution >= 0.6 is 11.3 Å². The van der Waals surface area contributed by atoms with E-state index in [2.05, 4.69) is 21.4 Å². The smallest absolute Gasteiger partial charge is 0.234 e. The minimum Gasteiger partial charge on any atom is -0.477 e. The number of benzene rings is 1. The lowest BCUT2D eigenvalue weighted by molar-refractivity contribution is 0.195.